The molecule has 182 valence electrons. The number of benzene rings is 3. The quantitative estimate of drug-likeness (QED) is 0.344. The van der Waals surface area contributed by atoms with Crippen LogP contribution < -0.4 is 15.4 Å². The summed E-state index contributed by atoms with van der Waals surface area (Å²) in [4.78, 5) is 36.1. The molecule has 0 saturated heterocycles. The van der Waals surface area contributed by atoms with Crippen molar-refractivity contribution < 1.29 is 37.0 Å². The van der Waals surface area contributed by atoms with E-state index in [0.717, 1.165) is 24.3 Å². The average Bonchev–Trinajstić information content (AvgIpc) is 2.83. The zero-order valence-corrected chi connectivity index (χ0v) is 18.5. The van der Waals surface area contributed by atoms with Gasteiger partial charge >= 0.3 is 12.3 Å². The third-order valence-electron chi connectivity index (χ3n) is 4.69. The predicted molar refractivity (Wildman–Crippen MR) is 121 cm³/mol. The van der Waals surface area contributed by atoms with Gasteiger partial charge in [0.2, 0.25) is 0 Å². The van der Waals surface area contributed by atoms with Crippen LogP contribution >= 0.6 is 0 Å². The van der Waals surface area contributed by atoms with E-state index in [-0.39, 0.29) is 30.4 Å². The second kappa shape index (κ2) is 11.2. The van der Waals surface area contributed by atoms with Crippen molar-refractivity contribution >= 4 is 23.7 Å². The fourth-order valence-electron chi connectivity index (χ4n) is 2.98. The van der Waals surface area contributed by atoms with Gasteiger partial charge in [-0.25, -0.2) is 4.79 Å². The molecule has 3 aromatic rings. The van der Waals surface area contributed by atoms with Crippen LogP contribution in [-0.4, -0.2) is 24.6 Å². The molecule has 3 rings (SSSR count). The van der Waals surface area contributed by atoms with Gasteiger partial charge in [-0.1, -0.05) is 12.1 Å². The lowest BCUT2D eigenvalue weighted by Gasteiger charge is -2.10. The first-order valence-corrected chi connectivity index (χ1v) is 10.5. The van der Waals surface area contributed by atoms with E-state index in [9.17, 15) is 27.6 Å². The van der Waals surface area contributed by atoms with E-state index in [1.54, 1.807) is 31.2 Å². The number of halogens is 3. The number of anilines is 1. The zero-order valence-electron chi connectivity index (χ0n) is 18.5. The van der Waals surface area contributed by atoms with Crippen LogP contribution in [0.1, 0.15) is 38.8 Å². The number of carbonyl (C=O) groups is 3. The summed E-state index contributed by atoms with van der Waals surface area (Å²) >= 11 is 0. The third kappa shape index (κ3) is 7.32. The fraction of sp³-hybridized carbons (Fsp3) is 0.160. The molecule has 3 aromatic carbocycles. The topological polar surface area (TPSA) is 93.7 Å². The molecule has 0 spiro atoms. The summed E-state index contributed by atoms with van der Waals surface area (Å²) in [5.41, 5.74) is 0.681. The van der Waals surface area contributed by atoms with Crippen LogP contribution in [0.25, 0.3) is 0 Å². The molecule has 2 amide bonds. The molecule has 2 N–H and O–H groups in total. The molecular weight excluding hydrogens is 465 g/mol. The van der Waals surface area contributed by atoms with Gasteiger partial charge in [-0.05, 0) is 73.2 Å². The molecule has 0 unspecified atom stereocenters. The molecular formula is C25H21F3N2O5. The van der Waals surface area contributed by atoms with E-state index in [0.29, 0.717) is 16.8 Å². The van der Waals surface area contributed by atoms with E-state index >= 15 is 0 Å². The Morgan fingerprint density at radius 1 is 0.857 bits per heavy atom. The van der Waals surface area contributed by atoms with Crippen LogP contribution in [0.5, 0.6) is 5.75 Å². The maximum absolute atomic E-state index is 12.7. The number of hydrogen-bond donors (Lipinski definition) is 2. The van der Waals surface area contributed by atoms with Gasteiger partial charge < -0.3 is 20.1 Å². The lowest BCUT2D eigenvalue weighted by atomic mass is 10.1. The number of hydrogen-bond acceptors (Lipinski definition) is 5. The van der Waals surface area contributed by atoms with Crippen LogP contribution in [-0.2, 0) is 17.5 Å². The predicted octanol–water partition coefficient (Wildman–Crippen LogP) is 5.42. The largest absolute Gasteiger partial charge is 0.513 e. The number of carbonyl (C=O) groups excluding carboxylic acids is 3. The van der Waals surface area contributed by atoms with Crippen molar-refractivity contribution in [2.45, 2.75) is 19.6 Å². The van der Waals surface area contributed by atoms with Crippen molar-refractivity contribution in [3.8, 4) is 5.75 Å². The van der Waals surface area contributed by atoms with Gasteiger partial charge in [0.1, 0.15) is 5.75 Å². The Morgan fingerprint density at radius 2 is 1.49 bits per heavy atom. The summed E-state index contributed by atoms with van der Waals surface area (Å²) in [6.45, 7) is 1.99. The summed E-state index contributed by atoms with van der Waals surface area (Å²) in [5.74, 6) is -0.701. The highest BCUT2D eigenvalue weighted by Gasteiger charge is 2.30. The minimum absolute atomic E-state index is 0.0760. The highest BCUT2D eigenvalue weighted by atomic mass is 19.4. The maximum Gasteiger partial charge on any atom is 0.513 e. The normalized spacial score (nSPS) is 10.9. The van der Waals surface area contributed by atoms with E-state index in [4.69, 9.17) is 4.74 Å². The molecule has 0 bridgehead atoms. The molecule has 0 atom stereocenters. The van der Waals surface area contributed by atoms with Crippen LogP contribution in [0.15, 0.2) is 72.8 Å². The average molecular weight is 486 g/mol. The molecule has 0 aromatic heterocycles. The molecule has 0 aliphatic carbocycles. The van der Waals surface area contributed by atoms with Gasteiger partial charge in [-0.2, -0.15) is 13.2 Å². The van der Waals surface area contributed by atoms with Crippen molar-refractivity contribution in [1.82, 2.24) is 5.32 Å². The monoisotopic (exact) mass is 486 g/mol. The molecule has 7 nitrogen and oxygen atoms in total. The number of rotatable bonds is 7. The zero-order chi connectivity index (χ0) is 25.4. The van der Waals surface area contributed by atoms with Crippen molar-refractivity contribution in [3.05, 3.63) is 95.1 Å². The van der Waals surface area contributed by atoms with Gasteiger partial charge in [0, 0.05) is 23.4 Å². The number of alkyl halides is 3. The van der Waals surface area contributed by atoms with Crippen molar-refractivity contribution in [2.24, 2.45) is 0 Å². The number of nitrogens with one attached hydrogen (secondary N) is 2. The van der Waals surface area contributed by atoms with Gasteiger partial charge in [-0.15, -0.1) is 0 Å². The van der Waals surface area contributed by atoms with Crippen molar-refractivity contribution in [1.29, 1.82) is 0 Å². The summed E-state index contributed by atoms with van der Waals surface area (Å²) in [5, 5.41) is 5.36. The first-order chi connectivity index (χ1) is 16.7. The highest BCUT2D eigenvalue weighted by molar-refractivity contribution is 6.04. The molecule has 35 heavy (non-hydrogen) atoms. The summed E-state index contributed by atoms with van der Waals surface area (Å²) in [6.07, 6.45) is -5.32. The van der Waals surface area contributed by atoms with Gasteiger partial charge in [-0.3, -0.25) is 9.59 Å². The number of ether oxygens (including phenoxy) is 2. The Labute approximate surface area is 198 Å². The minimum atomic E-state index is -4.48. The van der Waals surface area contributed by atoms with Gasteiger partial charge in [0.15, 0.2) is 0 Å². The molecule has 10 heteroatoms. The van der Waals surface area contributed by atoms with E-state index < -0.39 is 23.8 Å². The van der Waals surface area contributed by atoms with Gasteiger partial charge in [0.05, 0.1) is 12.2 Å². The lowest BCUT2D eigenvalue weighted by molar-refractivity contribution is -0.137. The van der Waals surface area contributed by atoms with E-state index in [2.05, 4.69) is 15.4 Å². The second-order valence-corrected chi connectivity index (χ2v) is 7.22. The summed E-state index contributed by atoms with van der Waals surface area (Å²) in [7, 11) is 0. The first kappa shape index (κ1) is 25.3. The van der Waals surface area contributed by atoms with Crippen LogP contribution in [0.4, 0.5) is 23.7 Å². The molecule has 0 saturated carbocycles. The van der Waals surface area contributed by atoms with Crippen molar-refractivity contribution in [3.63, 3.8) is 0 Å². The van der Waals surface area contributed by atoms with Crippen LogP contribution in [0, 0.1) is 0 Å². The third-order valence-corrected chi connectivity index (χ3v) is 4.69. The Hall–Kier alpha value is -4.34. The van der Waals surface area contributed by atoms with Gasteiger partial charge in [0.25, 0.3) is 11.8 Å². The smallest absolute Gasteiger partial charge is 0.434 e. The fourth-order valence-corrected chi connectivity index (χ4v) is 2.98. The molecule has 0 aliphatic rings. The summed E-state index contributed by atoms with van der Waals surface area (Å²) < 4.78 is 47.7. The first-order valence-electron chi connectivity index (χ1n) is 10.5. The Balaban J connectivity index is 1.56. The lowest BCUT2D eigenvalue weighted by Crippen LogP contribution is -2.22. The standard InChI is InChI=1S/C25H21F3N2O5/c1-2-34-24(33)35-21-12-8-17(9-13-21)22(31)29-15-16-4-3-5-20(14-16)30-23(32)18-6-10-19(11-7-18)25(26,27)28/h3-14H,2,15H2,1H3,(H,29,31)(H,30,32). The molecule has 0 aliphatic heterocycles. The number of amides is 2. The van der Waals surface area contributed by atoms with E-state index in [1.165, 1.54) is 24.3 Å². The van der Waals surface area contributed by atoms with Crippen molar-refractivity contribution in [2.75, 3.05) is 11.9 Å². The summed E-state index contributed by atoms with van der Waals surface area (Å²) in [6, 6.07) is 16.5. The Bertz CT molecular complexity index is 1190. The Morgan fingerprint density at radius 3 is 2.11 bits per heavy atom. The molecule has 0 heterocycles. The SMILES string of the molecule is CCOC(=O)Oc1ccc(C(=O)NCc2cccc(NC(=O)c3ccc(C(F)(F)F)cc3)c2)cc1. The highest BCUT2D eigenvalue weighted by Crippen LogP contribution is 2.29. The second-order valence-electron chi connectivity index (χ2n) is 7.22. The Kier molecular flexibility index (Phi) is 8.08. The van der Waals surface area contributed by atoms with E-state index in [1.807, 2.05) is 0 Å². The molecule has 0 radical (unpaired) electrons. The minimum Gasteiger partial charge on any atom is -0.434 e. The van der Waals surface area contributed by atoms with Crippen LogP contribution in [0.3, 0.4) is 0 Å². The molecule has 0 fully saturated rings. The van der Waals surface area contributed by atoms with Crippen LogP contribution in [0.2, 0.25) is 0 Å². The maximum atomic E-state index is 12.7.